The molecule has 0 aliphatic rings. The third-order valence-corrected chi connectivity index (χ3v) is 4.02. The smallest absolute Gasteiger partial charge is 0.338 e. The van der Waals surface area contributed by atoms with E-state index in [4.69, 9.17) is 9.47 Å². The molecule has 0 aliphatic heterocycles. The Labute approximate surface area is 149 Å². The van der Waals surface area contributed by atoms with Crippen LogP contribution in [-0.4, -0.2) is 25.6 Å². The van der Waals surface area contributed by atoms with E-state index < -0.39 is 5.97 Å². The predicted octanol–water partition coefficient (Wildman–Crippen LogP) is 3.49. The van der Waals surface area contributed by atoms with Gasteiger partial charge in [0.15, 0.2) is 6.61 Å². The Morgan fingerprint density at radius 1 is 1.17 bits per heavy atom. The molecule has 2 aromatic carbocycles. The molecule has 1 N–H and O–H groups in total. The molecule has 0 fully saturated rings. The first-order valence-electron chi connectivity index (χ1n) is 7.36. The molecule has 0 saturated heterocycles. The molecule has 6 heteroatoms. The van der Waals surface area contributed by atoms with Gasteiger partial charge in [-0.3, -0.25) is 4.79 Å². The number of amides is 1. The number of hydrogen-bond acceptors (Lipinski definition) is 4. The predicted molar refractivity (Wildman–Crippen MR) is 94.0 cm³/mol. The molecular formula is C18H18BrNO4. The fourth-order valence-corrected chi connectivity index (χ4v) is 2.66. The van der Waals surface area contributed by atoms with E-state index in [1.807, 2.05) is 37.3 Å². The molecule has 0 bridgehead atoms. The minimum Gasteiger partial charge on any atom is -0.496 e. The van der Waals surface area contributed by atoms with Crippen LogP contribution in [0.3, 0.4) is 0 Å². The maximum Gasteiger partial charge on any atom is 0.338 e. The summed E-state index contributed by atoms with van der Waals surface area (Å²) >= 11 is 3.30. The van der Waals surface area contributed by atoms with Crippen molar-refractivity contribution in [3.05, 3.63) is 64.1 Å². The lowest BCUT2D eigenvalue weighted by atomic mass is 10.1. The summed E-state index contributed by atoms with van der Waals surface area (Å²) in [7, 11) is 1.54. The second-order valence-electron chi connectivity index (χ2n) is 5.13. The van der Waals surface area contributed by atoms with Gasteiger partial charge in [0.05, 0.1) is 23.2 Å². The first-order chi connectivity index (χ1) is 11.5. The molecule has 0 aliphatic carbocycles. The van der Waals surface area contributed by atoms with Crippen LogP contribution >= 0.6 is 15.9 Å². The Kier molecular flexibility index (Phi) is 6.37. The van der Waals surface area contributed by atoms with E-state index in [0.29, 0.717) is 15.8 Å². The minimum absolute atomic E-state index is 0.160. The van der Waals surface area contributed by atoms with E-state index in [9.17, 15) is 9.59 Å². The summed E-state index contributed by atoms with van der Waals surface area (Å²) < 4.78 is 10.8. The topological polar surface area (TPSA) is 64.6 Å². The fraction of sp³-hybridized carbons (Fsp3) is 0.222. The van der Waals surface area contributed by atoms with Crippen molar-refractivity contribution in [1.29, 1.82) is 0 Å². The highest BCUT2D eigenvalue weighted by Gasteiger charge is 2.14. The lowest BCUT2D eigenvalue weighted by molar-refractivity contribution is -0.124. The molecule has 2 aromatic rings. The molecule has 0 saturated carbocycles. The normalized spacial score (nSPS) is 11.5. The summed E-state index contributed by atoms with van der Waals surface area (Å²) in [6.07, 6.45) is 0. The Bertz CT molecular complexity index is 718. The maximum atomic E-state index is 12.0. The van der Waals surface area contributed by atoms with Gasteiger partial charge in [-0.2, -0.15) is 0 Å². The maximum absolute atomic E-state index is 12.0. The first kappa shape index (κ1) is 18.0. The van der Waals surface area contributed by atoms with Crippen LogP contribution < -0.4 is 10.1 Å². The average molecular weight is 392 g/mol. The second-order valence-corrected chi connectivity index (χ2v) is 5.98. The summed E-state index contributed by atoms with van der Waals surface area (Å²) in [5.74, 6) is -0.311. The van der Waals surface area contributed by atoms with E-state index in [-0.39, 0.29) is 18.6 Å². The number of esters is 1. The Hall–Kier alpha value is -2.34. The van der Waals surface area contributed by atoms with Crippen LogP contribution in [0.4, 0.5) is 0 Å². The number of nitrogens with one attached hydrogen (secondary N) is 1. The molecule has 24 heavy (non-hydrogen) atoms. The van der Waals surface area contributed by atoms with Crippen molar-refractivity contribution in [2.24, 2.45) is 0 Å². The lowest BCUT2D eigenvalue weighted by Crippen LogP contribution is -2.31. The second kappa shape index (κ2) is 8.49. The van der Waals surface area contributed by atoms with Crippen LogP contribution in [0, 0.1) is 0 Å². The van der Waals surface area contributed by atoms with E-state index in [1.165, 1.54) is 7.11 Å². The molecular weight excluding hydrogens is 374 g/mol. The Morgan fingerprint density at radius 2 is 1.88 bits per heavy atom. The van der Waals surface area contributed by atoms with Gasteiger partial charge < -0.3 is 14.8 Å². The zero-order valence-corrected chi connectivity index (χ0v) is 15.0. The van der Waals surface area contributed by atoms with Crippen molar-refractivity contribution < 1.29 is 19.1 Å². The van der Waals surface area contributed by atoms with Gasteiger partial charge in [-0.15, -0.1) is 0 Å². The minimum atomic E-state index is -0.569. The highest BCUT2D eigenvalue weighted by atomic mass is 79.9. The lowest BCUT2D eigenvalue weighted by Gasteiger charge is -2.14. The number of hydrogen-bond donors (Lipinski definition) is 1. The summed E-state index contributed by atoms with van der Waals surface area (Å²) in [4.78, 5) is 23.9. The van der Waals surface area contributed by atoms with Crippen LogP contribution in [0.2, 0.25) is 0 Å². The summed E-state index contributed by atoms with van der Waals surface area (Å²) in [6, 6.07) is 14.2. The zero-order valence-electron chi connectivity index (χ0n) is 13.4. The van der Waals surface area contributed by atoms with Gasteiger partial charge in [0.2, 0.25) is 0 Å². The quantitative estimate of drug-likeness (QED) is 0.765. The van der Waals surface area contributed by atoms with Gasteiger partial charge in [0, 0.05) is 0 Å². The third kappa shape index (κ3) is 4.83. The van der Waals surface area contributed by atoms with Crippen molar-refractivity contribution in [1.82, 2.24) is 5.32 Å². The summed E-state index contributed by atoms with van der Waals surface area (Å²) in [5.41, 5.74) is 1.32. The third-order valence-electron chi connectivity index (χ3n) is 3.40. The van der Waals surface area contributed by atoms with E-state index in [0.717, 1.165) is 5.56 Å². The van der Waals surface area contributed by atoms with Gasteiger partial charge in [-0.05, 0) is 46.6 Å². The number of halogens is 1. The average Bonchev–Trinajstić information content (AvgIpc) is 2.60. The largest absolute Gasteiger partial charge is 0.496 e. The first-order valence-corrected chi connectivity index (χ1v) is 8.15. The number of rotatable bonds is 6. The molecule has 1 unspecified atom stereocenters. The van der Waals surface area contributed by atoms with Gasteiger partial charge in [-0.25, -0.2) is 4.79 Å². The van der Waals surface area contributed by atoms with Crippen LogP contribution in [0.25, 0.3) is 0 Å². The summed E-state index contributed by atoms with van der Waals surface area (Å²) in [6.45, 7) is 1.54. The molecule has 2 rings (SSSR count). The molecule has 0 heterocycles. The SMILES string of the molecule is COc1ccc(C(=O)OCC(=O)NC(C)c2ccccc2)cc1Br. The Morgan fingerprint density at radius 3 is 2.50 bits per heavy atom. The molecule has 5 nitrogen and oxygen atoms in total. The number of carbonyl (C=O) groups is 2. The van der Waals surface area contributed by atoms with Gasteiger partial charge in [-0.1, -0.05) is 30.3 Å². The summed E-state index contributed by atoms with van der Waals surface area (Å²) in [5, 5.41) is 2.79. The van der Waals surface area contributed by atoms with E-state index in [1.54, 1.807) is 18.2 Å². The van der Waals surface area contributed by atoms with Crippen molar-refractivity contribution in [2.45, 2.75) is 13.0 Å². The van der Waals surface area contributed by atoms with Crippen molar-refractivity contribution in [3.63, 3.8) is 0 Å². The van der Waals surface area contributed by atoms with Crippen LogP contribution in [0.1, 0.15) is 28.9 Å². The van der Waals surface area contributed by atoms with Gasteiger partial charge >= 0.3 is 5.97 Å². The van der Waals surface area contributed by atoms with Crippen LogP contribution in [0.5, 0.6) is 5.75 Å². The van der Waals surface area contributed by atoms with Crippen molar-refractivity contribution in [2.75, 3.05) is 13.7 Å². The molecule has 126 valence electrons. The number of benzene rings is 2. The number of methoxy groups -OCH3 is 1. The molecule has 1 atom stereocenters. The molecule has 1 amide bonds. The van der Waals surface area contributed by atoms with Crippen LogP contribution in [0.15, 0.2) is 53.0 Å². The van der Waals surface area contributed by atoms with Crippen molar-refractivity contribution >= 4 is 27.8 Å². The van der Waals surface area contributed by atoms with Crippen molar-refractivity contribution in [3.8, 4) is 5.75 Å². The molecule has 0 aromatic heterocycles. The monoisotopic (exact) mass is 391 g/mol. The number of carbonyl (C=O) groups excluding carboxylic acids is 2. The fourth-order valence-electron chi connectivity index (χ4n) is 2.12. The highest BCUT2D eigenvalue weighted by molar-refractivity contribution is 9.10. The molecule has 0 spiro atoms. The van der Waals surface area contributed by atoms with E-state index in [2.05, 4.69) is 21.2 Å². The number of ether oxygens (including phenoxy) is 2. The van der Waals surface area contributed by atoms with Gasteiger partial charge in [0.25, 0.3) is 5.91 Å². The Balaban J connectivity index is 1.87. The standard InChI is InChI=1S/C18H18BrNO4/c1-12(13-6-4-3-5-7-13)20-17(21)11-24-18(22)14-8-9-16(23-2)15(19)10-14/h3-10,12H,11H2,1-2H3,(H,20,21). The highest BCUT2D eigenvalue weighted by Crippen LogP contribution is 2.25. The van der Waals surface area contributed by atoms with Crippen LogP contribution in [-0.2, 0) is 9.53 Å². The zero-order chi connectivity index (χ0) is 17.5. The molecule has 0 radical (unpaired) electrons. The van der Waals surface area contributed by atoms with Gasteiger partial charge in [0.1, 0.15) is 5.75 Å². The van der Waals surface area contributed by atoms with E-state index >= 15 is 0 Å².